The van der Waals surface area contributed by atoms with Gasteiger partial charge in [-0.2, -0.15) is 0 Å². The fourth-order valence-corrected chi connectivity index (χ4v) is 1.31. The van der Waals surface area contributed by atoms with Crippen LogP contribution in [-0.4, -0.2) is 80.2 Å². The Hall–Kier alpha value is -1.88. The summed E-state index contributed by atoms with van der Waals surface area (Å²) in [4.78, 5) is 22.2. The molecule has 0 radical (unpaired) electrons. The number of aliphatic hydroxyl groups excluding tert-OH is 6. The van der Waals surface area contributed by atoms with E-state index in [1.807, 2.05) is 0 Å². The topological polar surface area (TPSA) is 174 Å². The molecule has 0 spiro atoms. The molecule has 6 N–H and O–H groups in total. The van der Waals surface area contributed by atoms with Crippen LogP contribution in [0.15, 0.2) is 11.5 Å². The van der Waals surface area contributed by atoms with Gasteiger partial charge < -0.3 is 40.1 Å². The van der Waals surface area contributed by atoms with E-state index in [0.717, 1.165) is 0 Å². The molecule has 1 saturated heterocycles. The second-order valence-corrected chi connectivity index (χ2v) is 3.95. The molecular weight excluding hydrogens is 280 g/mol. The number of aliphatic hydroxyl groups is 6. The zero-order valence-electron chi connectivity index (χ0n) is 10.0. The van der Waals surface area contributed by atoms with E-state index in [1.165, 1.54) is 0 Å². The predicted molar refractivity (Wildman–Crippen MR) is 58.2 cm³/mol. The highest BCUT2D eigenvalue weighted by Gasteiger charge is 2.39. The molecule has 0 bridgehead atoms. The summed E-state index contributed by atoms with van der Waals surface area (Å²) in [7, 11) is 0. The van der Waals surface area contributed by atoms with Crippen molar-refractivity contribution in [2.45, 2.75) is 24.4 Å². The summed E-state index contributed by atoms with van der Waals surface area (Å²) < 4.78 is 8.86. The van der Waals surface area contributed by atoms with E-state index in [4.69, 9.17) is 10.2 Å². The first kappa shape index (κ1) is 16.2. The van der Waals surface area contributed by atoms with Gasteiger partial charge in [-0.1, -0.05) is 0 Å². The largest absolute Gasteiger partial charge is 0.506 e. The minimum Gasteiger partial charge on any atom is -0.506 e. The summed E-state index contributed by atoms with van der Waals surface area (Å²) >= 11 is 0. The molecule has 1 heterocycles. The zero-order chi connectivity index (χ0) is 15.4. The summed E-state index contributed by atoms with van der Waals surface area (Å²) in [5.74, 6) is -5.31. The fourth-order valence-electron chi connectivity index (χ4n) is 1.31. The summed E-state index contributed by atoms with van der Waals surface area (Å²) in [5, 5.41) is 54.6. The maximum atomic E-state index is 11.4. The number of hydrogen-bond donors (Lipinski definition) is 6. The molecule has 10 heteroatoms. The van der Waals surface area contributed by atoms with Gasteiger partial charge in [0.1, 0.15) is 18.8 Å². The van der Waals surface area contributed by atoms with E-state index < -0.39 is 61.1 Å². The van der Waals surface area contributed by atoms with Crippen LogP contribution in [0, 0.1) is 0 Å². The van der Waals surface area contributed by atoms with Crippen LogP contribution >= 0.6 is 0 Å². The first-order chi connectivity index (χ1) is 9.29. The third kappa shape index (κ3) is 3.36. The van der Waals surface area contributed by atoms with Gasteiger partial charge in [0.05, 0.1) is 6.61 Å². The third-order valence-electron chi connectivity index (χ3n) is 2.51. The van der Waals surface area contributed by atoms with Crippen LogP contribution < -0.4 is 0 Å². The fraction of sp³-hybridized carbons (Fsp3) is 0.600. The number of esters is 2. The minimum atomic E-state index is -2.11. The van der Waals surface area contributed by atoms with Crippen LogP contribution in [0.4, 0.5) is 0 Å². The SMILES string of the molecule is O=C(O[C@H]1COC(=O)[C@H]1O)/C(O)=C(/O)[C@H](O)[C@H](O)CO. The monoisotopic (exact) mass is 294 g/mol. The maximum absolute atomic E-state index is 11.4. The van der Waals surface area contributed by atoms with Gasteiger partial charge in [0.15, 0.2) is 18.0 Å². The van der Waals surface area contributed by atoms with Crippen molar-refractivity contribution in [3.05, 3.63) is 11.5 Å². The van der Waals surface area contributed by atoms with Gasteiger partial charge in [0.2, 0.25) is 5.76 Å². The quantitative estimate of drug-likeness (QED) is 0.173. The van der Waals surface area contributed by atoms with Crippen molar-refractivity contribution in [3.8, 4) is 0 Å². The van der Waals surface area contributed by atoms with Gasteiger partial charge in [-0.25, -0.2) is 9.59 Å². The maximum Gasteiger partial charge on any atom is 0.377 e. The summed E-state index contributed by atoms with van der Waals surface area (Å²) in [6.07, 6.45) is -7.03. The van der Waals surface area contributed by atoms with Crippen molar-refractivity contribution >= 4 is 11.9 Å². The molecule has 0 aromatic heterocycles. The Kier molecular flexibility index (Phi) is 5.27. The smallest absolute Gasteiger partial charge is 0.377 e. The van der Waals surface area contributed by atoms with Crippen molar-refractivity contribution in [1.82, 2.24) is 0 Å². The van der Waals surface area contributed by atoms with Crippen LogP contribution in [0.3, 0.4) is 0 Å². The Balaban J connectivity index is 2.73. The summed E-state index contributed by atoms with van der Waals surface area (Å²) in [6.45, 7) is -1.36. The predicted octanol–water partition coefficient (Wildman–Crippen LogP) is -3.14. The van der Waals surface area contributed by atoms with Gasteiger partial charge in [-0.3, -0.25) is 0 Å². The zero-order valence-corrected chi connectivity index (χ0v) is 10.0. The normalized spacial score (nSPS) is 26.5. The molecule has 0 aliphatic carbocycles. The number of cyclic esters (lactones) is 1. The van der Waals surface area contributed by atoms with Crippen LogP contribution in [0.1, 0.15) is 0 Å². The molecule has 0 saturated carbocycles. The van der Waals surface area contributed by atoms with E-state index in [0.29, 0.717) is 0 Å². The standard InChI is InChI=1S/C10H14O10/c11-1-3(12)5(13)7(15)8(16)10(18)20-4-2-19-9(17)6(4)14/h3-6,11-16H,1-2H2/b8-7-/t3-,4+,5-,6+/m1/s1. The van der Waals surface area contributed by atoms with Crippen molar-refractivity contribution < 1.29 is 49.7 Å². The molecule has 1 rings (SSSR count). The number of rotatable bonds is 5. The number of carbonyl (C=O) groups is 2. The van der Waals surface area contributed by atoms with Crippen molar-refractivity contribution in [2.24, 2.45) is 0 Å². The van der Waals surface area contributed by atoms with E-state index in [1.54, 1.807) is 0 Å². The molecule has 114 valence electrons. The highest BCUT2D eigenvalue weighted by atomic mass is 16.6. The Morgan fingerprint density at radius 2 is 2.00 bits per heavy atom. The average Bonchev–Trinajstić information content (AvgIpc) is 2.75. The van der Waals surface area contributed by atoms with Gasteiger partial charge in [0, 0.05) is 0 Å². The van der Waals surface area contributed by atoms with E-state index >= 15 is 0 Å². The second-order valence-electron chi connectivity index (χ2n) is 3.95. The molecule has 1 aliphatic rings. The molecule has 1 fully saturated rings. The first-order valence-electron chi connectivity index (χ1n) is 5.44. The van der Waals surface area contributed by atoms with E-state index in [-0.39, 0.29) is 0 Å². The van der Waals surface area contributed by atoms with Crippen LogP contribution in [0.5, 0.6) is 0 Å². The highest BCUT2D eigenvalue weighted by Crippen LogP contribution is 2.15. The Labute approximate surface area is 112 Å². The Morgan fingerprint density at radius 1 is 1.40 bits per heavy atom. The molecule has 0 amide bonds. The lowest BCUT2D eigenvalue weighted by atomic mass is 10.1. The molecule has 4 atom stereocenters. The number of ether oxygens (including phenoxy) is 2. The van der Waals surface area contributed by atoms with Gasteiger partial charge >= 0.3 is 11.9 Å². The summed E-state index contributed by atoms with van der Waals surface area (Å²) in [5.41, 5.74) is 0. The first-order valence-corrected chi connectivity index (χ1v) is 5.44. The minimum absolute atomic E-state index is 0.429. The van der Waals surface area contributed by atoms with Crippen LogP contribution in [-0.2, 0) is 19.1 Å². The highest BCUT2D eigenvalue weighted by molar-refractivity contribution is 5.87. The Bertz CT molecular complexity index is 416. The van der Waals surface area contributed by atoms with Crippen molar-refractivity contribution in [2.75, 3.05) is 13.2 Å². The molecule has 1 aliphatic heterocycles. The van der Waals surface area contributed by atoms with Crippen LogP contribution in [0.25, 0.3) is 0 Å². The molecular formula is C10H14O10. The van der Waals surface area contributed by atoms with Crippen molar-refractivity contribution in [1.29, 1.82) is 0 Å². The number of hydrogen-bond acceptors (Lipinski definition) is 10. The lowest BCUT2D eigenvalue weighted by molar-refractivity contribution is -0.153. The Morgan fingerprint density at radius 3 is 2.45 bits per heavy atom. The number of carbonyl (C=O) groups excluding carboxylic acids is 2. The summed E-state index contributed by atoms with van der Waals surface area (Å²) in [6, 6.07) is 0. The van der Waals surface area contributed by atoms with Crippen LogP contribution in [0.2, 0.25) is 0 Å². The third-order valence-corrected chi connectivity index (χ3v) is 2.51. The molecule has 20 heavy (non-hydrogen) atoms. The van der Waals surface area contributed by atoms with Gasteiger partial charge in [0.25, 0.3) is 0 Å². The molecule has 0 aromatic carbocycles. The lowest BCUT2D eigenvalue weighted by Gasteiger charge is -2.16. The van der Waals surface area contributed by atoms with Gasteiger partial charge in [-0.05, 0) is 0 Å². The second kappa shape index (κ2) is 6.52. The van der Waals surface area contributed by atoms with E-state index in [9.17, 15) is 30.0 Å². The molecule has 10 nitrogen and oxygen atoms in total. The van der Waals surface area contributed by atoms with Crippen molar-refractivity contribution in [3.63, 3.8) is 0 Å². The lowest BCUT2D eigenvalue weighted by Crippen LogP contribution is -2.35. The molecule has 0 aromatic rings. The van der Waals surface area contributed by atoms with Gasteiger partial charge in [-0.15, -0.1) is 0 Å². The average molecular weight is 294 g/mol. The molecule has 0 unspecified atom stereocenters. The van der Waals surface area contributed by atoms with E-state index in [2.05, 4.69) is 9.47 Å².